The number of aromatic nitrogens is 3. The molecule has 6 nitrogen and oxygen atoms in total. The van der Waals surface area contributed by atoms with E-state index >= 15 is 0 Å². The summed E-state index contributed by atoms with van der Waals surface area (Å²) in [4.78, 5) is 4.37. The highest BCUT2D eigenvalue weighted by Crippen LogP contribution is 2.22. The molecule has 1 aromatic heterocycles. The van der Waals surface area contributed by atoms with Crippen molar-refractivity contribution in [3.05, 3.63) is 11.6 Å². The zero-order valence-electron chi connectivity index (χ0n) is 14.9. The van der Waals surface area contributed by atoms with Crippen LogP contribution in [0, 0.1) is 18.8 Å². The maximum absolute atomic E-state index is 4.37. The minimum absolute atomic E-state index is 0. The molecule has 1 atom stereocenters. The van der Waals surface area contributed by atoms with Gasteiger partial charge in [0.2, 0.25) is 0 Å². The monoisotopic (exact) mass is 446 g/mol. The molecule has 1 saturated carbocycles. The summed E-state index contributed by atoms with van der Waals surface area (Å²) < 4.78 is 2.26. The van der Waals surface area contributed by atoms with Crippen molar-refractivity contribution in [3.8, 4) is 0 Å². The second kappa shape index (κ2) is 9.58. The molecule has 136 valence electrons. The summed E-state index contributed by atoms with van der Waals surface area (Å²) in [5, 5.41) is 15.4. The van der Waals surface area contributed by atoms with Crippen LogP contribution < -0.4 is 10.6 Å². The lowest BCUT2D eigenvalue weighted by molar-refractivity contribution is 0.349. The molecular weight excluding hydrogens is 415 g/mol. The predicted octanol–water partition coefficient (Wildman–Crippen LogP) is 2.51. The maximum atomic E-state index is 4.37. The van der Waals surface area contributed by atoms with E-state index in [1.54, 1.807) is 0 Å². The molecule has 0 bridgehead atoms. The molecule has 0 saturated heterocycles. The largest absolute Gasteiger partial charge is 0.356 e. The Bertz CT molecular complexity index is 535. The van der Waals surface area contributed by atoms with Crippen LogP contribution in [0.2, 0.25) is 0 Å². The van der Waals surface area contributed by atoms with Crippen molar-refractivity contribution in [1.29, 1.82) is 0 Å². The van der Waals surface area contributed by atoms with Crippen LogP contribution in [0.15, 0.2) is 4.99 Å². The van der Waals surface area contributed by atoms with Gasteiger partial charge in [0, 0.05) is 33.1 Å². The molecule has 24 heavy (non-hydrogen) atoms. The Morgan fingerprint density at radius 1 is 1.08 bits per heavy atom. The molecule has 3 rings (SSSR count). The van der Waals surface area contributed by atoms with Gasteiger partial charge in [0.05, 0.1) is 0 Å². The van der Waals surface area contributed by atoms with Crippen molar-refractivity contribution in [2.45, 2.75) is 58.4 Å². The molecule has 0 amide bonds. The molecule has 2 aliphatic rings. The van der Waals surface area contributed by atoms with Gasteiger partial charge in [-0.25, -0.2) is 0 Å². The number of aliphatic imine (C=N–C) groups is 1. The van der Waals surface area contributed by atoms with E-state index in [9.17, 15) is 0 Å². The smallest absolute Gasteiger partial charge is 0.190 e. The molecular formula is C17H31IN6. The van der Waals surface area contributed by atoms with Crippen LogP contribution in [0.1, 0.15) is 50.2 Å². The summed E-state index contributed by atoms with van der Waals surface area (Å²) in [5.41, 5.74) is 0. The number of nitrogens with one attached hydrogen (secondary N) is 2. The zero-order chi connectivity index (χ0) is 16.1. The molecule has 2 heterocycles. The molecule has 2 N–H and O–H groups in total. The van der Waals surface area contributed by atoms with Crippen LogP contribution in [0.4, 0.5) is 0 Å². The first-order valence-corrected chi connectivity index (χ1v) is 9.09. The maximum Gasteiger partial charge on any atom is 0.190 e. The summed E-state index contributed by atoms with van der Waals surface area (Å²) in [7, 11) is 1.86. The van der Waals surface area contributed by atoms with Crippen LogP contribution in [0.3, 0.4) is 0 Å². The Balaban J connectivity index is 0.00000208. The third kappa shape index (κ3) is 5.07. The highest BCUT2D eigenvalue weighted by molar-refractivity contribution is 14.0. The number of halogens is 1. The number of hydrogen-bond donors (Lipinski definition) is 2. The summed E-state index contributed by atoms with van der Waals surface area (Å²) in [6.07, 6.45) is 9.12. The topological polar surface area (TPSA) is 67.1 Å². The van der Waals surface area contributed by atoms with E-state index < -0.39 is 0 Å². The zero-order valence-corrected chi connectivity index (χ0v) is 17.3. The Kier molecular flexibility index (Phi) is 7.77. The van der Waals surface area contributed by atoms with E-state index in [-0.39, 0.29) is 24.0 Å². The summed E-state index contributed by atoms with van der Waals surface area (Å²) in [5.74, 6) is 4.55. The SMILES string of the molecule is CN=C(NCC1CCCCC1)NCC1CCc2nnc(C)n2C1.I. The van der Waals surface area contributed by atoms with Crippen LogP contribution in [0.25, 0.3) is 0 Å². The Morgan fingerprint density at radius 2 is 1.79 bits per heavy atom. The molecule has 1 aliphatic heterocycles. The van der Waals surface area contributed by atoms with Gasteiger partial charge >= 0.3 is 0 Å². The van der Waals surface area contributed by atoms with Gasteiger partial charge in [0.25, 0.3) is 0 Å². The third-order valence-electron chi connectivity index (χ3n) is 5.29. The summed E-state index contributed by atoms with van der Waals surface area (Å²) >= 11 is 0. The van der Waals surface area contributed by atoms with Crippen molar-refractivity contribution in [2.24, 2.45) is 16.8 Å². The van der Waals surface area contributed by atoms with Gasteiger partial charge in [0.15, 0.2) is 5.96 Å². The highest BCUT2D eigenvalue weighted by atomic mass is 127. The van der Waals surface area contributed by atoms with Crippen molar-refractivity contribution < 1.29 is 0 Å². The van der Waals surface area contributed by atoms with Crippen LogP contribution >= 0.6 is 24.0 Å². The fraction of sp³-hybridized carbons (Fsp3) is 0.824. The van der Waals surface area contributed by atoms with Crippen molar-refractivity contribution in [1.82, 2.24) is 25.4 Å². The predicted molar refractivity (Wildman–Crippen MR) is 108 cm³/mol. The lowest BCUT2D eigenvalue weighted by Crippen LogP contribution is -2.43. The number of aryl methyl sites for hydroxylation is 2. The van der Waals surface area contributed by atoms with Gasteiger partial charge in [-0.05, 0) is 38.0 Å². The molecule has 1 fully saturated rings. The molecule has 1 aliphatic carbocycles. The molecule has 1 aromatic rings. The lowest BCUT2D eigenvalue weighted by Gasteiger charge is -2.26. The fourth-order valence-corrected chi connectivity index (χ4v) is 3.79. The fourth-order valence-electron chi connectivity index (χ4n) is 3.79. The van der Waals surface area contributed by atoms with E-state index in [2.05, 4.69) is 30.4 Å². The minimum Gasteiger partial charge on any atom is -0.356 e. The van der Waals surface area contributed by atoms with Gasteiger partial charge in [0.1, 0.15) is 11.6 Å². The van der Waals surface area contributed by atoms with Crippen molar-refractivity contribution >= 4 is 29.9 Å². The van der Waals surface area contributed by atoms with Gasteiger partial charge in [-0.15, -0.1) is 34.2 Å². The third-order valence-corrected chi connectivity index (χ3v) is 5.29. The van der Waals surface area contributed by atoms with Gasteiger partial charge in [-0.2, -0.15) is 0 Å². The average Bonchev–Trinajstić information content (AvgIpc) is 2.97. The van der Waals surface area contributed by atoms with Gasteiger partial charge in [-0.1, -0.05) is 19.3 Å². The summed E-state index contributed by atoms with van der Waals surface area (Å²) in [6.45, 7) is 5.07. The van der Waals surface area contributed by atoms with Crippen molar-refractivity contribution in [2.75, 3.05) is 20.1 Å². The highest BCUT2D eigenvalue weighted by Gasteiger charge is 2.21. The molecule has 0 spiro atoms. The molecule has 0 radical (unpaired) electrons. The Morgan fingerprint density at radius 3 is 2.50 bits per heavy atom. The van der Waals surface area contributed by atoms with E-state index in [0.717, 1.165) is 49.6 Å². The van der Waals surface area contributed by atoms with Gasteiger partial charge in [-0.3, -0.25) is 4.99 Å². The van der Waals surface area contributed by atoms with Crippen LogP contribution in [0.5, 0.6) is 0 Å². The Hall–Kier alpha value is -0.860. The number of fused-ring (bicyclic) bond motifs is 1. The minimum atomic E-state index is 0. The van der Waals surface area contributed by atoms with Gasteiger partial charge < -0.3 is 15.2 Å². The first-order valence-electron chi connectivity index (χ1n) is 9.09. The van der Waals surface area contributed by atoms with E-state index in [1.165, 1.54) is 38.5 Å². The van der Waals surface area contributed by atoms with E-state index in [1.807, 2.05) is 14.0 Å². The number of guanidine groups is 1. The second-order valence-corrected chi connectivity index (χ2v) is 7.02. The van der Waals surface area contributed by atoms with Crippen LogP contribution in [-0.4, -0.2) is 40.9 Å². The van der Waals surface area contributed by atoms with E-state index in [4.69, 9.17) is 0 Å². The standard InChI is InChI=1S/C17H30N6.HI/c1-13-21-22-16-9-8-15(12-23(13)16)11-20-17(18-2)19-10-14-6-4-3-5-7-14;/h14-15H,3-12H2,1-2H3,(H2,18,19,20);1H. The van der Waals surface area contributed by atoms with Crippen molar-refractivity contribution in [3.63, 3.8) is 0 Å². The molecule has 0 aromatic carbocycles. The lowest BCUT2D eigenvalue weighted by atomic mass is 9.89. The quantitative estimate of drug-likeness (QED) is 0.424. The summed E-state index contributed by atoms with van der Waals surface area (Å²) in [6, 6.07) is 0. The molecule has 1 unspecified atom stereocenters. The Labute approximate surface area is 162 Å². The normalized spacial score (nSPS) is 21.8. The number of rotatable bonds is 4. The average molecular weight is 446 g/mol. The molecule has 7 heteroatoms. The van der Waals surface area contributed by atoms with Crippen LogP contribution in [-0.2, 0) is 13.0 Å². The first-order chi connectivity index (χ1) is 11.3. The second-order valence-electron chi connectivity index (χ2n) is 7.02. The van der Waals surface area contributed by atoms with E-state index in [0.29, 0.717) is 5.92 Å². The number of nitrogens with zero attached hydrogens (tertiary/aromatic N) is 4. The first kappa shape index (κ1) is 19.5. The number of hydrogen-bond acceptors (Lipinski definition) is 3.